The van der Waals surface area contributed by atoms with Gasteiger partial charge in [-0.3, -0.25) is 9.59 Å². The largest absolute Gasteiger partial charge is 0.352 e. The van der Waals surface area contributed by atoms with Gasteiger partial charge in [0.1, 0.15) is 5.69 Å². The lowest BCUT2D eigenvalue weighted by Gasteiger charge is -2.47. The second-order valence-electron chi connectivity index (χ2n) is 8.64. The Balaban J connectivity index is 1.21. The molecule has 1 aliphatic carbocycles. The lowest BCUT2D eigenvalue weighted by atomic mass is 9.64. The minimum absolute atomic E-state index is 0.0922. The van der Waals surface area contributed by atoms with E-state index in [0.717, 1.165) is 37.5 Å². The number of hydrogen-bond acceptors (Lipinski definition) is 6. The van der Waals surface area contributed by atoms with E-state index < -0.39 is 5.91 Å². The van der Waals surface area contributed by atoms with Crippen molar-refractivity contribution in [2.75, 3.05) is 26.2 Å². The van der Waals surface area contributed by atoms with Crippen LogP contribution in [0.4, 0.5) is 0 Å². The molecular formula is C22H28ClN5O3. The molecule has 166 valence electrons. The van der Waals surface area contributed by atoms with Crippen LogP contribution in [0.2, 0.25) is 5.02 Å². The molecule has 1 aliphatic heterocycles. The van der Waals surface area contributed by atoms with Crippen molar-refractivity contribution in [1.82, 2.24) is 25.8 Å². The van der Waals surface area contributed by atoms with Gasteiger partial charge in [0.25, 0.3) is 5.91 Å². The Labute approximate surface area is 186 Å². The summed E-state index contributed by atoms with van der Waals surface area (Å²) >= 11 is 6.07. The summed E-state index contributed by atoms with van der Waals surface area (Å²) in [6, 6.07) is 8.43. The number of benzene rings is 1. The van der Waals surface area contributed by atoms with Crippen LogP contribution in [0.15, 0.2) is 28.9 Å². The zero-order valence-electron chi connectivity index (χ0n) is 17.7. The third kappa shape index (κ3) is 5.07. The van der Waals surface area contributed by atoms with Gasteiger partial charge in [0.2, 0.25) is 5.91 Å². The lowest BCUT2D eigenvalue weighted by Crippen LogP contribution is -2.51. The van der Waals surface area contributed by atoms with Gasteiger partial charge < -0.3 is 15.5 Å². The first-order valence-electron chi connectivity index (χ1n) is 10.8. The molecule has 0 radical (unpaired) electrons. The van der Waals surface area contributed by atoms with Gasteiger partial charge >= 0.3 is 0 Å². The summed E-state index contributed by atoms with van der Waals surface area (Å²) in [7, 11) is 0. The predicted octanol–water partition coefficient (Wildman–Crippen LogP) is 2.46. The lowest BCUT2D eigenvalue weighted by molar-refractivity contribution is -0.121. The van der Waals surface area contributed by atoms with Gasteiger partial charge in [-0.2, -0.15) is 0 Å². The average Bonchev–Trinajstić information content (AvgIpc) is 3.17. The molecule has 2 amide bonds. The maximum absolute atomic E-state index is 12.2. The highest BCUT2D eigenvalue weighted by Crippen LogP contribution is 2.44. The number of aryl methyl sites for hydroxylation is 1. The molecular weight excluding hydrogens is 418 g/mol. The van der Waals surface area contributed by atoms with E-state index in [1.807, 2.05) is 12.1 Å². The number of carbonyl (C=O) groups excluding carboxylic acids is 2. The minimum Gasteiger partial charge on any atom is -0.352 e. The Morgan fingerprint density at radius 1 is 1.19 bits per heavy atom. The van der Waals surface area contributed by atoms with Crippen molar-refractivity contribution in [1.29, 1.82) is 0 Å². The van der Waals surface area contributed by atoms with Crippen molar-refractivity contribution >= 4 is 23.4 Å². The number of hydrogen-bond donors (Lipinski definition) is 2. The third-order valence-corrected chi connectivity index (χ3v) is 6.78. The Morgan fingerprint density at radius 3 is 2.48 bits per heavy atom. The zero-order chi connectivity index (χ0) is 21.8. The smallest absolute Gasteiger partial charge is 0.275 e. The fourth-order valence-electron chi connectivity index (χ4n) is 4.57. The fourth-order valence-corrected chi connectivity index (χ4v) is 4.70. The number of amides is 2. The highest BCUT2D eigenvalue weighted by molar-refractivity contribution is 6.30. The normalized spacial score (nSPS) is 18.9. The van der Waals surface area contributed by atoms with Crippen molar-refractivity contribution in [2.24, 2.45) is 0 Å². The maximum Gasteiger partial charge on any atom is 0.275 e. The van der Waals surface area contributed by atoms with Crippen molar-refractivity contribution in [2.45, 2.75) is 50.5 Å². The second-order valence-corrected chi connectivity index (χ2v) is 9.08. The van der Waals surface area contributed by atoms with Crippen LogP contribution in [0.5, 0.6) is 0 Å². The molecule has 1 saturated carbocycles. The van der Waals surface area contributed by atoms with Crippen molar-refractivity contribution in [3.63, 3.8) is 0 Å². The second kappa shape index (κ2) is 9.36. The molecule has 9 heteroatoms. The van der Waals surface area contributed by atoms with Gasteiger partial charge in [-0.1, -0.05) is 35.3 Å². The first-order valence-corrected chi connectivity index (χ1v) is 11.2. The monoisotopic (exact) mass is 445 g/mol. The first-order chi connectivity index (χ1) is 14.9. The first kappa shape index (κ1) is 21.8. The predicted molar refractivity (Wildman–Crippen MR) is 116 cm³/mol. The molecule has 2 fully saturated rings. The van der Waals surface area contributed by atoms with Gasteiger partial charge in [-0.25, -0.2) is 4.63 Å². The highest BCUT2D eigenvalue weighted by atomic mass is 35.5. The van der Waals surface area contributed by atoms with E-state index in [1.165, 1.54) is 24.8 Å². The summed E-state index contributed by atoms with van der Waals surface area (Å²) in [5, 5.41) is 13.5. The number of rotatable bonds is 7. The fraction of sp³-hybridized carbons (Fsp3) is 0.545. The van der Waals surface area contributed by atoms with Crippen molar-refractivity contribution in [3.8, 4) is 0 Å². The van der Waals surface area contributed by atoms with Gasteiger partial charge in [0, 0.05) is 36.1 Å². The van der Waals surface area contributed by atoms with Gasteiger partial charge in [0.15, 0.2) is 5.69 Å². The summed E-state index contributed by atoms with van der Waals surface area (Å²) in [6.45, 7) is 4.49. The molecule has 31 heavy (non-hydrogen) atoms. The van der Waals surface area contributed by atoms with E-state index in [1.54, 1.807) is 6.92 Å². The quantitative estimate of drug-likeness (QED) is 0.679. The van der Waals surface area contributed by atoms with E-state index in [9.17, 15) is 9.59 Å². The van der Waals surface area contributed by atoms with Crippen LogP contribution in [-0.4, -0.2) is 59.2 Å². The molecule has 2 aliphatic rings. The molecule has 0 atom stereocenters. The van der Waals surface area contributed by atoms with E-state index in [-0.39, 0.29) is 29.6 Å². The van der Waals surface area contributed by atoms with Crippen LogP contribution >= 0.6 is 11.6 Å². The van der Waals surface area contributed by atoms with Crippen LogP contribution in [0.1, 0.15) is 53.8 Å². The summed E-state index contributed by atoms with van der Waals surface area (Å²) in [4.78, 5) is 26.8. The van der Waals surface area contributed by atoms with Gasteiger partial charge in [0.05, 0.1) is 6.54 Å². The topological polar surface area (TPSA) is 100 Å². The molecule has 0 spiro atoms. The van der Waals surface area contributed by atoms with Crippen molar-refractivity contribution in [3.05, 3.63) is 46.2 Å². The Morgan fingerprint density at radius 2 is 1.90 bits per heavy atom. The number of halogens is 1. The molecule has 1 saturated heterocycles. The number of carbonyl (C=O) groups is 2. The summed E-state index contributed by atoms with van der Waals surface area (Å²) in [5.41, 5.74) is 2.12. The van der Waals surface area contributed by atoms with Crippen LogP contribution in [-0.2, 0) is 10.2 Å². The van der Waals surface area contributed by atoms with Crippen LogP contribution < -0.4 is 10.6 Å². The minimum atomic E-state index is -0.461. The Bertz CT molecular complexity index is 917. The maximum atomic E-state index is 12.2. The highest BCUT2D eigenvalue weighted by Gasteiger charge is 2.40. The number of aromatic nitrogens is 2. The van der Waals surface area contributed by atoms with Crippen LogP contribution in [0.25, 0.3) is 0 Å². The standard InChI is InChI=1S/C22H28ClN5O3/c1-15-20(27-31-26-15)21(30)24-13-19(29)25-18-7-11-28(12-8-18)14-22(9-2-10-22)16-3-5-17(23)6-4-16/h3-6,18H,2,7-14H2,1H3,(H,24,30)(H,25,29). The molecule has 2 heterocycles. The van der Waals surface area contributed by atoms with Gasteiger partial charge in [-0.15, -0.1) is 0 Å². The summed E-state index contributed by atoms with van der Waals surface area (Å²) < 4.78 is 4.51. The van der Waals surface area contributed by atoms with E-state index in [4.69, 9.17) is 11.6 Å². The van der Waals surface area contributed by atoms with Crippen molar-refractivity contribution < 1.29 is 14.2 Å². The van der Waals surface area contributed by atoms with Crippen LogP contribution in [0, 0.1) is 6.92 Å². The van der Waals surface area contributed by atoms with E-state index >= 15 is 0 Å². The third-order valence-electron chi connectivity index (χ3n) is 6.52. The molecule has 2 N–H and O–H groups in total. The molecule has 0 unspecified atom stereocenters. The van der Waals surface area contributed by atoms with E-state index in [0.29, 0.717) is 5.69 Å². The summed E-state index contributed by atoms with van der Waals surface area (Å²) in [6.07, 6.45) is 5.51. The molecule has 8 nitrogen and oxygen atoms in total. The molecule has 2 aromatic rings. The number of nitrogens with one attached hydrogen (secondary N) is 2. The molecule has 1 aromatic heterocycles. The molecule has 4 rings (SSSR count). The SMILES string of the molecule is Cc1nonc1C(=O)NCC(=O)NC1CCN(CC2(c3ccc(Cl)cc3)CCC2)CC1. The molecule has 1 aromatic carbocycles. The number of nitrogens with zero attached hydrogens (tertiary/aromatic N) is 3. The van der Waals surface area contributed by atoms with Gasteiger partial charge in [-0.05, 0) is 55.5 Å². The Kier molecular flexibility index (Phi) is 6.57. The number of likely N-dealkylation sites (tertiary alicyclic amines) is 1. The van der Waals surface area contributed by atoms with E-state index in [2.05, 4.69) is 42.6 Å². The summed E-state index contributed by atoms with van der Waals surface area (Å²) in [5.74, 6) is -0.658. The average molecular weight is 446 g/mol. The Hall–Kier alpha value is -2.45. The zero-order valence-corrected chi connectivity index (χ0v) is 18.5. The number of piperidine rings is 1. The molecule has 0 bridgehead atoms. The van der Waals surface area contributed by atoms with Crippen LogP contribution in [0.3, 0.4) is 0 Å².